The van der Waals surface area contributed by atoms with E-state index < -0.39 is 5.60 Å². The van der Waals surface area contributed by atoms with E-state index in [2.05, 4.69) is 0 Å². The Bertz CT molecular complexity index is 438. The Labute approximate surface area is 113 Å². The zero-order chi connectivity index (χ0) is 13.9. The highest BCUT2D eigenvalue weighted by atomic mass is 19.1. The molecule has 4 heteroatoms. The van der Waals surface area contributed by atoms with E-state index in [1.54, 1.807) is 6.07 Å². The number of nitrogens with two attached hydrogens (primary N) is 1. The van der Waals surface area contributed by atoms with Crippen LogP contribution in [0, 0.1) is 18.7 Å². The van der Waals surface area contributed by atoms with Gasteiger partial charge >= 0.3 is 0 Å². The average molecular weight is 267 g/mol. The molecule has 0 heterocycles. The van der Waals surface area contributed by atoms with Crippen LogP contribution in [0.2, 0.25) is 0 Å². The van der Waals surface area contributed by atoms with Gasteiger partial charge in [-0.3, -0.25) is 0 Å². The molecule has 1 aromatic carbocycles. The number of ether oxygens (including phenoxy) is 1. The molecule has 0 bridgehead atoms. The number of benzene rings is 1. The van der Waals surface area contributed by atoms with Gasteiger partial charge in [-0.05, 0) is 43.7 Å². The third kappa shape index (κ3) is 3.25. The van der Waals surface area contributed by atoms with E-state index in [0.717, 1.165) is 31.2 Å². The van der Waals surface area contributed by atoms with Gasteiger partial charge in [-0.15, -0.1) is 0 Å². The Morgan fingerprint density at radius 2 is 2.32 bits per heavy atom. The highest BCUT2D eigenvalue weighted by molar-refractivity contribution is 5.32. The Morgan fingerprint density at radius 1 is 1.53 bits per heavy atom. The summed E-state index contributed by atoms with van der Waals surface area (Å²) in [5.74, 6) is 0.473. The number of aryl methyl sites for hydroxylation is 1. The maximum absolute atomic E-state index is 13.1. The van der Waals surface area contributed by atoms with Crippen LogP contribution in [0.25, 0.3) is 0 Å². The van der Waals surface area contributed by atoms with E-state index >= 15 is 0 Å². The minimum atomic E-state index is -0.736. The normalized spacial score (nSPS) is 26.6. The van der Waals surface area contributed by atoms with Crippen molar-refractivity contribution in [1.82, 2.24) is 0 Å². The third-order valence-corrected chi connectivity index (χ3v) is 4.15. The molecule has 2 rings (SSSR count). The second-order valence-electron chi connectivity index (χ2n) is 5.44. The largest absolute Gasteiger partial charge is 0.493 e. The fourth-order valence-electron chi connectivity index (χ4n) is 2.85. The van der Waals surface area contributed by atoms with E-state index in [1.807, 2.05) is 6.92 Å². The maximum atomic E-state index is 13.1. The summed E-state index contributed by atoms with van der Waals surface area (Å²) in [4.78, 5) is 0. The Balaban J connectivity index is 1.88. The molecule has 2 unspecified atom stereocenters. The van der Waals surface area contributed by atoms with Crippen LogP contribution < -0.4 is 10.5 Å². The Morgan fingerprint density at radius 3 is 3.05 bits per heavy atom. The van der Waals surface area contributed by atoms with Crippen molar-refractivity contribution < 1.29 is 14.2 Å². The molecular formula is C15H22FNO2. The quantitative estimate of drug-likeness (QED) is 0.861. The third-order valence-electron chi connectivity index (χ3n) is 4.15. The van der Waals surface area contributed by atoms with Crippen molar-refractivity contribution in [2.75, 3.05) is 13.2 Å². The van der Waals surface area contributed by atoms with Gasteiger partial charge in [0.25, 0.3) is 0 Å². The molecule has 0 radical (unpaired) electrons. The van der Waals surface area contributed by atoms with Crippen molar-refractivity contribution in [1.29, 1.82) is 0 Å². The van der Waals surface area contributed by atoms with Gasteiger partial charge in [-0.1, -0.05) is 12.5 Å². The van der Waals surface area contributed by atoms with Crippen LogP contribution in [0.15, 0.2) is 18.2 Å². The summed E-state index contributed by atoms with van der Waals surface area (Å²) in [7, 11) is 0. The summed E-state index contributed by atoms with van der Waals surface area (Å²) in [6, 6.07) is 4.53. The van der Waals surface area contributed by atoms with E-state index in [0.29, 0.717) is 18.9 Å². The van der Waals surface area contributed by atoms with Crippen molar-refractivity contribution >= 4 is 0 Å². The summed E-state index contributed by atoms with van der Waals surface area (Å²) in [5, 5.41) is 10.3. The molecular weight excluding hydrogens is 245 g/mol. The van der Waals surface area contributed by atoms with Crippen LogP contribution in [0.1, 0.15) is 31.2 Å². The molecule has 106 valence electrons. The van der Waals surface area contributed by atoms with Crippen LogP contribution in [-0.4, -0.2) is 23.9 Å². The van der Waals surface area contributed by atoms with Crippen LogP contribution in [-0.2, 0) is 0 Å². The molecule has 0 spiro atoms. The molecule has 1 fully saturated rings. The first kappa shape index (κ1) is 14.3. The Kier molecular flexibility index (Phi) is 4.42. The molecule has 2 atom stereocenters. The van der Waals surface area contributed by atoms with E-state index in [9.17, 15) is 9.50 Å². The van der Waals surface area contributed by atoms with Gasteiger partial charge in [0.15, 0.2) is 0 Å². The highest BCUT2D eigenvalue weighted by Crippen LogP contribution is 2.37. The molecule has 19 heavy (non-hydrogen) atoms. The lowest BCUT2D eigenvalue weighted by atomic mass is 9.88. The lowest BCUT2D eigenvalue weighted by Crippen LogP contribution is -2.41. The molecule has 1 saturated carbocycles. The summed E-state index contributed by atoms with van der Waals surface area (Å²) in [6.45, 7) is 2.68. The van der Waals surface area contributed by atoms with Crippen molar-refractivity contribution in [2.24, 2.45) is 11.7 Å². The maximum Gasteiger partial charge on any atom is 0.126 e. The van der Waals surface area contributed by atoms with Gasteiger partial charge < -0.3 is 15.6 Å². The van der Waals surface area contributed by atoms with Crippen molar-refractivity contribution in [3.05, 3.63) is 29.6 Å². The van der Waals surface area contributed by atoms with Gasteiger partial charge in [0, 0.05) is 12.6 Å². The van der Waals surface area contributed by atoms with Gasteiger partial charge in [0.1, 0.15) is 11.6 Å². The van der Waals surface area contributed by atoms with Crippen molar-refractivity contribution in [3.63, 3.8) is 0 Å². The second kappa shape index (κ2) is 5.88. The highest BCUT2D eigenvalue weighted by Gasteiger charge is 2.39. The second-order valence-corrected chi connectivity index (χ2v) is 5.44. The fraction of sp³-hybridized carbons (Fsp3) is 0.600. The molecule has 0 amide bonds. The number of halogens is 1. The van der Waals surface area contributed by atoms with Gasteiger partial charge in [0.2, 0.25) is 0 Å². The molecule has 0 aromatic heterocycles. The van der Waals surface area contributed by atoms with Crippen LogP contribution >= 0.6 is 0 Å². The molecule has 1 aliphatic rings. The summed E-state index contributed by atoms with van der Waals surface area (Å²) < 4.78 is 18.7. The topological polar surface area (TPSA) is 55.5 Å². The van der Waals surface area contributed by atoms with Gasteiger partial charge in [0.05, 0.1) is 12.2 Å². The van der Waals surface area contributed by atoms with Crippen molar-refractivity contribution in [3.8, 4) is 5.75 Å². The lowest BCUT2D eigenvalue weighted by Gasteiger charge is -2.28. The van der Waals surface area contributed by atoms with Crippen LogP contribution in [0.5, 0.6) is 5.75 Å². The minimum Gasteiger partial charge on any atom is -0.493 e. The zero-order valence-corrected chi connectivity index (χ0v) is 11.4. The predicted octanol–water partition coefficient (Wildman–Crippen LogP) is 2.39. The van der Waals surface area contributed by atoms with Crippen molar-refractivity contribution in [2.45, 2.75) is 38.2 Å². The molecule has 1 aliphatic carbocycles. The number of rotatable bonds is 5. The fourth-order valence-corrected chi connectivity index (χ4v) is 2.85. The molecule has 0 aliphatic heterocycles. The van der Waals surface area contributed by atoms with E-state index in [1.165, 1.54) is 12.1 Å². The summed E-state index contributed by atoms with van der Waals surface area (Å²) >= 11 is 0. The van der Waals surface area contributed by atoms with Gasteiger partial charge in [-0.2, -0.15) is 0 Å². The summed E-state index contributed by atoms with van der Waals surface area (Å²) in [5.41, 5.74) is 5.83. The Hall–Kier alpha value is -1.13. The first-order valence-corrected chi connectivity index (χ1v) is 6.86. The molecule has 3 N–H and O–H groups in total. The van der Waals surface area contributed by atoms with E-state index in [-0.39, 0.29) is 11.7 Å². The molecule has 0 saturated heterocycles. The standard InChI is InChI=1S/C15H22FNO2/c1-11-4-5-13(16)9-14(11)19-8-6-12-3-2-7-15(12,18)10-17/h4-5,9,12,18H,2-3,6-8,10,17H2,1H3. The first-order valence-electron chi connectivity index (χ1n) is 6.86. The minimum absolute atomic E-state index is 0.186. The molecule has 3 nitrogen and oxygen atoms in total. The van der Waals surface area contributed by atoms with Crippen LogP contribution in [0.4, 0.5) is 4.39 Å². The number of hydrogen-bond donors (Lipinski definition) is 2. The summed E-state index contributed by atoms with van der Waals surface area (Å²) in [6.07, 6.45) is 3.52. The lowest BCUT2D eigenvalue weighted by molar-refractivity contribution is 0.00351. The van der Waals surface area contributed by atoms with E-state index in [4.69, 9.17) is 10.5 Å². The van der Waals surface area contributed by atoms with Crippen LogP contribution in [0.3, 0.4) is 0 Å². The SMILES string of the molecule is Cc1ccc(F)cc1OCCC1CCCC1(O)CN. The number of hydrogen-bond acceptors (Lipinski definition) is 3. The number of aliphatic hydroxyl groups is 1. The predicted molar refractivity (Wildman–Crippen MR) is 72.6 cm³/mol. The van der Waals surface area contributed by atoms with Gasteiger partial charge in [-0.25, -0.2) is 4.39 Å². The molecule has 1 aromatic rings. The average Bonchev–Trinajstić information content (AvgIpc) is 2.76. The monoisotopic (exact) mass is 267 g/mol. The first-order chi connectivity index (χ1) is 9.05. The smallest absolute Gasteiger partial charge is 0.126 e. The zero-order valence-electron chi connectivity index (χ0n) is 11.4.